The number of likely N-dealkylation sites (tertiary alicyclic amines) is 2. The van der Waals surface area contributed by atoms with Crippen LogP contribution < -0.4 is 0 Å². The van der Waals surface area contributed by atoms with Crippen LogP contribution in [0.25, 0.3) is 0 Å². The molecule has 2 aromatic carbocycles. The van der Waals surface area contributed by atoms with Gasteiger partial charge in [0.25, 0.3) is 5.91 Å². The Labute approximate surface area is 211 Å². The maximum absolute atomic E-state index is 14.0. The van der Waals surface area contributed by atoms with E-state index in [0.29, 0.717) is 31.1 Å². The van der Waals surface area contributed by atoms with Gasteiger partial charge in [-0.05, 0) is 73.4 Å². The molecule has 0 bridgehead atoms. The van der Waals surface area contributed by atoms with Crippen LogP contribution in [0.3, 0.4) is 0 Å². The highest BCUT2D eigenvalue weighted by Gasteiger charge is 2.36. The van der Waals surface area contributed by atoms with E-state index < -0.39 is 0 Å². The van der Waals surface area contributed by atoms with E-state index >= 15 is 0 Å². The molecule has 5 rings (SSSR count). The van der Waals surface area contributed by atoms with Gasteiger partial charge in [-0.1, -0.05) is 30.3 Å². The number of rotatable bonds is 6. The zero-order valence-electron chi connectivity index (χ0n) is 20.6. The molecule has 3 aromatic rings. The molecule has 2 amide bonds. The first kappa shape index (κ1) is 24.2. The summed E-state index contributed by atoms with van der Waals surface area (Å²) in [5.74, 6) is 0.119. The summed E-state index contributed by atoms with van der Waals surface area (Å²) in [4.78, 5) is 30.4. The molecule has 6 nitrogen and oxygen atoms in total. The van der Waals surface area contributed by atoms with Crippen molar-refractivity contribution in [3.05, 3.63) is 89.5 Å². The summed E-state index contributed by atoms with van der Waals surface area (Å²) in [5.41, 5.74) is 2.23. The van der Waals surface area contributed by atoms with E-state index in [-0.39, 0.29) is 30.1 Å². The van der Waals surface area contributed by atoms with Crippen molar-refractivity contribution in [2.75, 3.05) is 19.6 Å². The number of benzene rings is 2. The van der Waals surface area contributed by atoms with Gasteiger partial charge in [-0.25, -0.2) is 4.39 Å². The van der Waals surface area contributed by atoms with Gasteiger partial charge in [0.2, 0.25) is 5.91 Å². The van der Waals surface area contributed by atoms with E-state index in [1.165, 1.54) is 6.07 Å². The van der Waals surface area contributed by atoms with E-state index in [2.05, 4.69) is 10.00 Å². The number of halogens is 1. The molecule has 0 N–H and O–H groups in total. The summed E-state index contributed by atoms with van der Waals surface area (Å²) in [6.07, 6.45) is 8.67. The fraction of sp³-hybridized carbons (Fsp3) is 0.414. The van der Waals surface area contributed by atoms with Gasteiger partial charge < -0.3 is 9.80 Å². The molecular weight excluding hydrogens is 455 g/mol. The number of nitrogens with zero attached hydrogens (tertiary/aromatic N) is 4. The van der Waals surface area contributed by atoms with Crippen LogP contribution in [0.1, 0.15) is 53.6 Å². The number of hydrogen-bond donors (Lipinski definition) is 0. The maximum Gasteiger partial charge on any atom is 0.254 e. The van der Waals surface area contributed by atoms with E-state index in [1.54, 1.807) is 24.4 Å². The number of aromatic nitrogens is 2. The number of hydrogen-bond acceptors (Lipinski definition) is 3. The second-order valence-corrected chi connectivity index (χ2v) is 9.95. The van der Waals surface area contributed by atoms with Gasteiger partial charge in [-0.15, -0.1) is 0 Å². The summed E-state index contributed by atoms with van der Waals surface area (Å²) >= 11 is 0. The van der Waals surface area contributed by atoms with Crippen LogP contribution in [0, 0.1) is 11.7 Å². The molecule has 0 radical (unpaired) electrons. The van der Waals surface area contributed by atoms with Crippen LogP contribution in [-0.4, -0.2) is 57.1 Å². The predicted molar refractivity (Wildman–Crippen MR) is 136 cm³/mol. The standard InChI is InChI=1S/C29H33FN4O2/c30-26-10-2-1-8-24(26)20-28(35)32-17-12-23(13-18-32)27-11-3-4-16-34(27)29(36)25-9-5-7-22(19-25)21-33-15-6-14-31-33/h1-2,5-10,14-15,19,23,27H,3-4,11-13,16-18,20-21H2. The summed E-state index contributed by atoms with van der Waals surface area (Å²) in [7, 11) is 0. The highest BCUT2D eigenvalue weighted by molar-refractivity contribution is 5.94. The van der Waals surface area contributed by atoms with Crippen molar-refractivity contribution in [2.24, 2.45) is 5.92 Å². The van der Waals surface area contributed by atoms with Gasteiger partial charge in [0, 0.05) is 43.6 Å². The Morgan fingerprint density at radius 1 is 0.944 bits per heavy atom. The fourth-order valence-electron chi connectivity index (χ4n) is 5.70. The van der Waals surface area contributed by atoms with E-state index in [9.17, 15) is 14.0 Å². The third kappa shape index (κ3) is 5.50. The Kier molecular flexibility index (Phi) is 7.44. The molecule has 1 atom stereocenters. The lowest BCUT2D eigenvalue weighted by atomic mass is 9.83. The summed E-state index contributed by atoms with van der Waals surface area (Å²) < 4.78 is 15.8. The van der Waals surface area contributed by atoms with Crippen molar-refractivity contribution in [3.63, 3.8) is 0 Å². The van der Waals surface area contributed by atoms with Crippen LogP contribution in [0.4, 0.5) is 4.39 Å². The molecule has 0 spiro atoms. The van der Waals surface area contributed by atoms with Gasteiger partial charge in [0.15, 0.2) is 0 Å². The molecule has 0 aliphatic carbocycles. The minimum Gasteiger partial charge on any atom is -0.342 e. The molecule has 2 aliphatic heterocycles. The lowest BCUT2D eigenvalue weighted by molar-refractivity contribution is -0.132. The van der Waals surface area contributed by atoms with Crippen LogP contribution >= 0.6 is 0 Å². The Morgan fingerprint density at radius 2 is 1.78 bits per heavy atom. The second-order valence-electron chi connectivity index (χ2n) is 9.95. The van der Waals surface area contributed by atoms with E-state index in [0.717, 1.165) is 49.8 Å². The Bertz CT molecular complexity index is 1190. The van der Waals surface area contributed by atoms with Gasteiger partial charge in [-0.3, -0.25) is 14.3 Å². The minimum absolute atomic E-state index is 0.0240. The summed E-state index contributed by atoms with van der Waals surface area (Å²) in [5, 5.41) is 4.27. The molecule has 3 heterocycles. The first-order chi connectivity index (χ1) is 17.6. The number of carbonyl (C=O) groups excluding carboxylic acids is 2. The Balaban J connectivity index is 1.22. The zero-order valence-corrected chi connectivity index (χ0v) is 20.6. The smallest absolute Gasteiger partial charge is 0.254 e. The van der Waals surface area contributed by atoms with Crippen LogP contribution in [0.15, 0.2) is 67.0 Å². The third-order valence-electron chi connectivity index (χ3n) is 7.62. The first-order valence-corrected chi connectivity index (χ1v) is 13.0. The average Bonchev–Trinajstić information content (AvgIpc) is 3.43. The van der Waals surface area contributed by atoms with Gasteiger partial charge in [-0.2, -0.15) is 5.10 Å². The van der Waals surface area contributed by atoms with E-state index in [4.69, 9.17) is 0 Å². The van der Waals surface area contributed by atoms with Gasteiger partial charge >= 0.3 is 0 Å². The molecule has 188 valence electrons. The highest BCUT2D eigenvalue weighted by Crippen LogP contribution is 2.32. The normalized spacial score (nSPS) is 18.9. The van der Waals surface area contributed by atoms with Crippen molar-refractivity contribution in [1.82, 2.24) is 19.6 Å². The van der Waals surface area contributed by atoms with Crippen LogP contribution in [-0.2, 0) is 17.8 Å². The van der Waals surface area contributed by atoms with Crippen molar-refractivity contribution >= 4 is 11.8 Å². The monoisotopic (exact) mass is 488 g/mol. The number of carbonyl (C=O) groups is 2. The number of piperidine rings is 2. The van der Waals surface area contributed by atoms with Crippen molar-refractivity contribution < 1.29 is 14.0 Å². The Morgan fingerprint density at radius 3 is 2.56 bits per heavy atom. The molecule has 2 fully saturated rings. The quantitative estimate of drug-likeness (QED) is 0.512. The molecule has 1 unspecified atom stereocenters. The van der Waals surface area contributed by atoms with Crippen LogP contribution in [0.2, 0.25) is 0 Å². The van der Waals surface area contributed by atoms with Crippen LogP contribution in [0.5, 0.6) is 0 Å². The Hall–Kier alpha value is -3.48. The second kappa shape index (κ2) is 11.1. The van der Waals surface area contributed by atoms with Crippen molar-refractivity contribution in [2.45, 2.75) is 51.1 Å². The summed E-state index contributed by atoms with van der Waals surface area (Å²) in [6.45, 7) is 2.74. The average molecular weight is 489 g/mol. The minimum atomic E-state index is -0.328. The largest absolute Gasteiger partial charge is 0.342 e. The SMILES string of the molecule is O=C(Cc1ccccc1F)N1CCC(C2CCCCN2C(=O)c2cccc(Cn3cccn3)c2)CC1. The maximum atomic E-state index is 14.0. The molecule has 2 aliphatic rings. The zero-order chi connectivity index (χ0) is 24.9. The lowest BCUT2D eigenvalue weighted by Gasteiger charge is -2.44. The third-order valence-corrected chi connectivity index (χ3v) is 7.62. The van der Waals surface area contributed by atoms with Crippen molar-refractivity contribution in [1.29, 1.82) is 0 Å². The van der Waals surface area contributed by atoms with E-state index in [1.807, 2.05) is 46.1 Å². The first-order valence-electron chi connectivity index (χ1n) is 13.0. The molecule has 0 saturated carbocycles. The van der Waals surface area contributed by atoms with Crippen molar-refractivity contribution in [3.8, 4) is 0 Å². The number of amides is 2. The molecule has 2 saturated heterocycles. The highest BCUT2D eigenvalue weighted by atomic mass is 19.1. The fourth-order valence-corrected chi connectivity index (χ4v) is 5.70. The molecular formula is C29H33FN4O2. The van der Waals surface area contributed by atoms with Gasteiger partial charge in [0.05, 0.1) is 13.0 Å². The molecule has 7 heteroatoms. The molecule has 1 aromatic heterocycles. The predicted octanol–water partition coefficient (Wildman–Crippen LogP) is 4.55. The summed E-state index contributed by atoms with van der Waals surface area (Å²) in [6, 6.07) is 16.4. The lowest BCUT2D eigenvalue weighted by Crippen LogP contribution is -2.51. The molecule has 36 heavy (non-hydrogen) atoms. The van der Waals surface area contributed by atoms with Gasteiger partial charge in [0.1, 0.15) is 5.82 Å². The topological polar surface area (TPSA) is 58.4 Å².